The molecule has 1 aromatic heterocycles. The monoisotopic (exact) mass is 427 g/mol. The van der Waals surface area contributed by atoms with Crippen LogP contribution in [0.1, 0.15) is 25.1 Å². The number of hydrogen-bond donors (Lipinski definition) is 3. The zero-order chi connectivity index (χ0) is 22.8. The number of nitrogens with one attached hydrogen (secondary N) is 2. The lowest BCUT2D eigenvalue weighted by molar-refractivity contribution is -0.115. The van der Waals surface area contributed by atoms with Crippen molar-refractivity contribution in [2.24, 2.45) is 10.7 Å². The van der Waals surface area contributed by atoms with E-state index < -0.39 is 0 Å². The molecule has 1 aliphatic rings. The van der Waals surface area contributed by atoms with Gasteiger partial charge < -0.3 is 21.3 Å². The van der Waals surface area contributed by atoms with Gasteiger partial charge in [-0.25, -0.2) is 9.37 Å². The molecule has 4 N–H and O–H groups in total. The number of aromatic nitrogens is 2. The van der Waals surface area contributed by atoms with Gasteiger partial charge in [-0.3, -0.25) is 9.79 Å². The number of likely N-dealkylation sites (N-methyl/N-ethyl adjacent to an activating group) is 1. The number of carbonyl (C=O) groups is 1. The van der Waals surface area contributed by atoms with Crippen LogP contribution in [0.4, 0.5) is 21.8 Å². The topological polar surface area (TPSA) is 109 Å². The van der Waals surface area contributed by atoms with Crippen molar-refractivity contribution in [2.45, 2.75) is 27.2 Å². The van der Waals surface area contributed by atoms with E-state index in [0.29, 0.717) is 42.7 Å². The SMILES string of the molecule is CC.Cc1nc(NC/C(C=NCCc2ccc(F)cc2)=C/N)nc2c1NC(=O)CN2C. The number of aliphatic imine (C=N–C) groups is 1. The number of anilines is 3. The van der Waals surface area contributed by atoms with Gasteiger partial charge in [-0.15, -0.1) is 0 Å². The van der Waals surface area contributed by atoms with Crippen LogP contribution in [0.3, 0.4) is 0 Å². The Morgan fingerprint density at radius 1 is 1.32 bits per heavy atom. The summed E-state index contributed by atoms with van der Waals surface area (Å²) in [7, 11) is 1.81. The number of fused-ring (bicyclic) bond motifs is 1. The van der Waals surface area contributed by atoms with Crippen LogP contribution in [0.15, 0.2) is 41.0 Å². The van der Waals surface area contributed by atoms with Crippen molar-refractivity contribution >= 4 is 29.6 Å². The average molecular weight is 428 g/mol. The third kappa shape index (κ3) is 6.77. The number of rotatable bonds is 7. The molecule has 0 fully saturated rings. The van der Waals surface area contributed by atoms with Crippen LogP contribution in [-0.2, 0) is 11.2 Å². The molecule has 8 nitrogen and oxygen atoms in total. The highest BCUT2D eigenvalue weighted by Gasteiger charge is 2.23. The highest BCUT2D eigenvalue weighted by Crippen LogP contribution is 2.29. The lowest BCUT2D eigenvalue weighted by Crippen LogP contribution is -2.36. The minimum atomic E-state index is -0.245. The van der Waals surface area contributed by atoms with Gasteiger partial charge in [-0.05, 0) is 31.0 Å². The maximum Gasteiger partial charge on any atom is 0.244 e. The van der Waals surface area contributed by atoms with Crippen LogP contribution < -0.4 is 21.3 Å². The molecule has 2 heterocycles. The van der Waals surface area contributed by atoms with Gasteiger partial charge in [0.15, 0.2) is 5.82 Å². The van der Waals surface area contributed by atoms with Crippen LogP contribution in [0.5, 0.6) is 0 Å². The molecule has 0 saturated carbocycles. The number of nitrogens with zero attached hydrogens (tertiary/aromatic N) is 4. The molecule has 0 unspecified atom stereocenters. The number of amides is 1. The molecular weight excluding hydrogens is 397 g/mol. The minimum Gasteiger partial charge on any atom is -0.404 e. The maximum absolute atomic E-state index is 12.9. The van der Waals surface area contributed by atoms with E-state index in [1.807, 2.05) is 27.8 Å². The van der Waals surface area contributed by atoms with E-state index in [-0.39, 0.29) is 18.3 Å². The highest BCUT2D eigenvalue weighted by molar-refractivity contribution is 6.00. The number of carbonyl (C=O) groups excluding carboxylic acids is 1. The molecule has 0 bridgehead atoms. The first-order valence-electron chi connectivity index (χ1n) is 10.2. The van der Waals surface area contributed by atoms with Gasteiger partial charge in [-0.1, -0.05) is 26.0 Å². The van der Waals surface area contributed by atoms with Crippen LogP contribution in [0.2, 0.25) is 0 Å². The number of benzene rings is 1. The molecule has 166 valence electrons. The summed E-state index contributed by atoms with van der Waals surface area (Å²) in [6.07, 6.45) is 3.90. The van der Waals surface area contributed by atoms with Gasteiger partial charge >= 0.3 is 0 Å². The molecule has 2 aromatic rings. The number of hydrogen-bond acceptors (Lipinski definition) is 7. The molecule has 0 radical (unpaired) electrons. The summed E-state index contributed by atoms with van der Waals surface area (Å²) in [6.45, 7) is 7.05. The summed E-state index contributed by atoms with van der Waals surface area (Å²) in [5, 5.41) is 5.95. The van der Waals surface area contributed by atoms with E-state index >= 15 is 0 Å². The van der Waals surface area contributed by atoms with Crippen molar-refractivity contribution in [3.8, 4) is 0 Å². The Balaban J connectivity index is 0.00000166. The molecule has 0 saturated heterocycles. The Labute approximate surface area is 182 Å². The second kappa shape index (κ2) is 11.6. The van der Waals surface area contributed by atoms with Gasteiger partial charge in [0, 0.05) is 38.1 Å². The lowest BCUT2D eigenvalue weighted by Gasteiger charge is -2.27. The van der Waals surface area contributed by atoms with Crippen LogP contribution in [-0.4, -0.2) is 48.8 Å². The van der Waals surface area contributed by atoms with Crippen LogP contribution in [0, 0.1) is 12.7 Å². The van der Waals surface area contributed by atoms with E-state index in [4.69, 9.17) is 5.73 Å². The van der Waals surface area contributed by atoms with Crippen molar-refractivity contribution in [2.75, 3.05) is 42.2 Å². The number of nitrogens with two attached hydrogens (primary N) is 1. The maximum atomic E-state index is 12.9. The average Bonchev–Trinajstić information content (AvgIpc) is 2.76. The standard InChI is InChI=1S/C20H24FN7O.C2H6/c1-13-18-19(28(2)12-17(29)26-18)27-20(25-13)24-11-15(9-22)10-23-8-7-14-3-5-16(21)6-4-14;1-2/h3-6,9-10H,7-8,11-12,22H2,1-2H3,(H,26,29)(H,24,25,27);1-2H3/b15-9+,23-10?;. The second-order valence-corrected chi connectivity index (χ2v) is 6.74. The van der Waals surface area contributed by atoms with Crippen molar-refractivity contribution in [3.05, 3.63) is 53.1 Å². The molecule has 1 aromatic carbocycles. The summed E-state index contributed by atoms with van der Waals surface area (Å²) < 4.78 is 12.9. The molecule has 0 spiro atoms. The van der Waals surface area contributed by atoms with Crippen molar-refractivity contribution in [1.29, 1.82) is 0 Å². The molecule has 0 aliphatic carbocycles. The first-order valence-corrected chi connectivity index (χ1v) is 10.2. The minimum absolute atomic E-state index is 0.0855. The smallest absolute Gasteiger partial charge is 0.244 e. The van der Waals surface area contributed by atoms with Crippen LogP contribution in [0.25, 0.3) is 0 Å². The summed E-state index contributed by atoms with van der Waals surface area (Å²) in [6, 6.07) is 6.39. The number of aryl methyl sites for hydroxylation is 1. The van der Waals surface area contributed by atoms with E-state index in [1.54, 1.807) is 23.2 Å². The van der Waals surface area contributed by atoms with Gasteiger partial charge in [0.05, 0.1) is 12.2 Å². The second-order valence-electron chi connectivity index (χ2n) is 6.74. The zero-order valence-electron chi connectivity index (χ0n) is 18.4. The third-order valence-corrected chi connectivity index (χ3v) is 4.44. The Morgan fingerprint density at radius 2 is 2.03 bits per heavy atom. The summed E-state index contributed by atoms with van der Waals surface area (Å²) >= 11 is 0. The highest BCUT2D eigenvalue weighted by atomic mass is 19.1. The Morgan fingerprint density at radius 3 is 2.71 bits per heavy atom. The summed E-state index contributed by atoms with van der Waals surface area (Å²) in [4.78, 5) is 26.7. The van der Waals surface area contributed by atoms with Gasteiger partial charge in [0.2, 0.25) is 11.9 Å². The van der Waals surface area contributed by atoms with Crippen molar-refractivity contribution < 1.29 is 9.18 Å². The third-order valence-electron chi connectivity index (χ3n) is 4.44. The summed E-state index contributed by atoms with van der Waals surface area (Å²) in [5.41, 5.74) is 8.81. The van der Waals surface area contributed by atoms with E-state index in [0.717, 1.165) is 11.1 Å². The molecule has 31 heavy (non-hydrogen) atoms. The Bertz CT molecular complexity index is 942. The molecule has 3 rings (SSSR count). The molecular formula is C22H30FN7O. The van der Waals surface area contributed by atoms with Gasteiger partial charge in [-0.2, -0.15) is 4.98 Å². The van der Waals surface area contributed by atoms with Gasteiger partial charge in [0.25, 0.3) is 0 Å². The summed E-state index contributed by atoms with van der Waals surface area (Å²) in [5.74, 6) is 0.789. The fourth-order valence-corrected chi connectivity index (χ4v) is 2.88. The quantitative estimate of drug-likeness (QED) is 0.587. The number of halogens is 1. The zero-order valence-corrected chi connectivity index (χ0v) is 18.4. The first kappa shape index (κ1) is 23.8. The fourth-order valence-electron chi connectivity index (χ4n) is 2.88. The molecule has 1 aliphatic heterocycles. The lowest BCUT2D eigenvalue weighted by atomic mass is 10.1. The fraction of sp³-hybridized carbons (Fsp3) is 0.364. The predicted molar refractivity (Wildman–Crippen MR) is 124 cm³/mol. The normalized spacial score (nSPS) is 13.4. The van der Waals surface area contributed by atoms with E-state index in [2.05, 4.69) is 25.6 Å². The molecule has 1 amide bonds. The molecule has 9 heteroatoms. The molecule has 0 atom stereocenters. The first-order chi connectivity index (χ1) is 15.0. The van der Waals surface area contributed by atoms with Crippen LogP contribution >= 0.6 is 0 Å². The van der Waals surface area contributed by atoms with Crippen molar-refractivity contribution in [3.63, 3.8) is 0 Å². The van der Waals surface area contributed by atoms with E-state index in [1.165, 1.54) is 18.3 Å². The Hall–Kier alpha value is -3.49. The van der Waals surface area contributed by atoms with Crippen molar-refractivity contribution in [1.82, 2.24) is 9.97 Å². The largest absolute Gasteiger partial charge is 0.404 e. The Kier molecular flexibility index (Phi) is 8.93. The van der Waals surface area contributed by atoms with E-state index in [9.17, 15) is 9.18 Å². The predicted octanol–water partition coefficient (Wildman–Crippen LogP) is 2.91. The van der Waals surface area contributed by atoms with Gasteiger partial charge in [0.1, 0.15) is 11.5 Å².